The summed E-state index contributed by atoms with van der Waals surface area (Å²) >= 11 is 5.61. The fraction of sp³-hybridized carbons (Fsp3) is 0.0909. The number of rotatable bonds is 3. The Labute approximate surface area is 110 Å². The van der Waals surface area contributed by atoms with E-state index in [0.29, 0.717) is 5.69 Å². The number of hydrogen-bond donors (Lipinski definition) is 1. The van der Waals surface area contributed by atoms with Gasteiger partial charge in [-0.15, -0.1) is 0 Å². The van der Waals surface area contributed by atoms with Crippen LogP contribution in [0.3, 0.4) is 0 Å². The van der Waals surface area contributed by atoms with Gasteiger partial charge in [-0.2, -0.15) is 0 Å². The average Bonchev–Trinajstić information content (AvgIpc) is 2.32. The standard InChI is InChI=1S/C11H10ClN3O2S/c1-8-6-13-5-4-10(8)15-18(16,17)9-2-3-11(12)14-7-9/h2-7H,1H3,(H,13,15). The first-order valence-corrected chi connectivity index (χ1v) is 6.90. The van der Waals surface area contributed by atoms with Crippen LogP contribution < -0.4 is 4.72 Å². The van der Waals surface area contributed by atoms with E-state index in [1.807, 2.05) is 0 Å². The van der Waals surface area contributed by atoms with Gasteiger partial charge < -0.3 is 0 Å². The molecule has 0 unspecified atom stereocenters. The Morgan fingerprint density at radius 1 is 1.22 bits per heavy atom. The van der Waals surface area contributed by atoms with Crippen molar-refractivity contribution in [1.82, 2.24) is 9.97 Å². The van der Waals surface area contributed by atoms with E-state index < -0.39 is 10.0 Å². The van der Waals surface area contributed by atoms with E-state index in [0.717, 1.165) is 5.56 Å². The maximum atomic E-state index is 12.1. The van der Waals surface area contributed by atoms with Crippen LogP contribution in [0.2, 0.25) is 5.15 Å². The van der Waals surface area contributed by atoms with E-state index in [1.54, 1.807) is 19.2 Å². The molecule has 0 amide bonds. The predicted octanol–water partition coefficient (Wildman–Crippen LogP) is 2.24. The molecule has 0 atom stereocenters. The Bertz CT molecular complexity index is 656. The first kappa shape index (κ1) is 12.8. The highest BCUT2D eigenvalue weighted by atomic mass is 35.5. The maximum Gasteiger partial charge on any atom is 0.263 e. The van der Waals surface area contributed by atoms with Crippen molar-refractivity contribution in [2.75, 3.05) is 4.72 Å². The van der Waals surface area contributed by atoms with Crippen molar-refractivity contribution >= 4 is 27.3 Å². The topological polar surface area (TPSA) is 72.0 Å². The maximum absolute atomic E-state index is 12.1. The fourth-order valence-corrected chi connectivity index (χ4v) is 2.50. The van der Waals surface area contributed by atoms with Crippen LogP contribution in [0.15, 0.2) is 41.7 Å². The minimum atomic E-state index is -3.65. The van der Waals surface area contributed by atoms with Crippen LogP contribution in [0.4, 0.5) is 5.69 Å². The molecule has 7 heteroatoms. The van der Waals surface area contributed by atoms with Gasteiger partial charge in [-0.05, 0) is 30.7 Å². The zero-order chi connectivity index (χ0) is 13.2. The molecular weight excluding hydrogens is 274 g/mol. The van der Waals surface area contributed by atoms with Crippen LogP contribution in [0.1, 0.15) is 5.56 Å². The molecule has 0 saturated carbocycles. The molecule has 94 valence electrons. The number of anilines is 1. The van der Waals surface area contributed by atoms with Crippen molar-refractivity contribution in [1.29, 1.82) is 0 Å². The summed E-state index contributed by atoms with van der Waals surface area (Å²) in [6.07, 6.45) is 4.31. The summed E-state index contributed by atoms with van der Waals surface area (Å²) in [6, 6.07) is 4.42. The summed E-state index contributed by atoms with van der Waals surface area (Å²) in [7, 11) is -3.65. The summed E-state index contributed by atoms with van der Waals surface area (Å²) in [5.41, 5.74) is 1.22. The second kappa shape index (κ2) is 4.91. The lowest BCUT2D eigenvalue weighted by Gasteiger charge is -2.09. The average molecular weight is 284 g/mol. The molecule has 0 fully saturated rings. The van der Waals surface area contributed by atoms with Gasteiger partial charge in [0, 0.05) is 18.6 Å². The van der Waals surface area contributed by atoms with Gasteiger partial charge >= 0.3 is 0 Å². The molecule has 2 aromatic heterocycles. The van der Waals surface area contributed by atoms with Crippen LogP contribution in [0, 0.1) is 6.92 Å². The van der Waals surface area contributed by atoms with E-state index in [9.17, 15) is 8.42 Å². The van der Waals surface area contributed by atoms with Crippen molar-refractivity contribution < 1.29 is 8.42 Å². The minimum absolute atomic E-state index is 0.0584. The van der Waals surface area contributed by atoms with Gasteiger partial charge in [0.15, 0.2) is 0 Å². The van der Waals surface area contributed by atoms with Crippen LogP contribution in [0.25, 0.3) is 0 Å². The lowest BCUT2D eigenvalue weighted by Crippen LogP contribution is -2.14. The van der Waals surface area contributed by atoms with Gasteiger partial charge in [0.25, 0.3) is 10.0 Å². The smallest absolute Gasteiger partial charge is 0.263 e. The van der Waals surface area contributed by atoms with Crippen LogP contribution in [-0.2, 0) is 10.0 Å². The largest absolute Gasteiger partial charge is 0.279 e. The third kappa shape index (κ3) is 2.77. The van der Waals surface area contributed by atoms with Crippen molar-refractivity contribution in [2.24, 2.45) is 0 Å². The molecule has 0 aliphatic carbocycles. The molecule has 1 N–H and O–H groups in total. The molecule has 2 rings (SSSR count). The Morgan fingerprint density at radius 2 is 2.00 bits per heavy atom. The number of pyridine rings is 2. The summed E-state index contributed by atoms with van der Waals surface area (Å²) in [6.45, 7) is 1.77. The normalized spacial score (nSPS) is 11.2. The quantitative estimate of drug-likeness (QED) is 0.877. The van der Waals surface area contributed by atoms with Gasteiger partial charge in [0.2, 0.25) is 0 Å². The summed E-state index contributed by atoms with van der Waals surface area (Å²) in [5, 5.41) is 0.244. The summed E-state index contributed by atoms with van der Waals surface area (Å²) in [5.74, 6) is 0. The number of halogens is 1. The SMILES string of the molecule is Cc1cnccc1NS(=O)(=O)c1ccc(Cl)nc1. The Hall–Kier alpha value is -1.66. The molecule has 0 aliphatic heterocycles. The molecule has 0 saturated heterocycles. The number of sulfonamides is 1. The zero-order valence-corrected chi connectivity index (χ0v) is 11.0. The first-order chi connectivity index (χ1) is 8.49. The zero-order valence-electron chi connectivity index (χ0n) is 9.46. The number of aromatic nitrogens is 2. The van der Waals surface area contributed by atoms with Gasteiger partial charge in [-0.25, -0.2) is 13.4 Å². The molecule has 0 aliphatic rings. The van der Waals surface area contributed by atoms with E-state index in [2.05, 4.69) is 14.7 Å². The fourth-order valence-electron chi connectivity index (χ4n) is 1.31. The van der Waals surface area contributed by atoms with E-state index in [4.69, 9.17) is 11.6 Å². The van der Waals surface area contributed by atoms with Gasteiger partial charge in [-0.1, -0.05) is 11.6 Å². The number of hydrogen-bond acceptors (Lipinski definition) is 4. The van der Waals surface area contributed by atoms with Crippen LogP contribution in [0.5, 0.6) is 0 Å². The monoisotopic (exact) mass is 283 g/mol. The predicted molar refractivity (Wildman–Crippen MR) is 69.0 cm³/mol. The number of aryl methyl sites for hydroxylation is 1. The molecule has 0 bridgehead atoms. The molecule has 5 nitrogen and oxygen atoms in total. The lowest BCUT2D eigenvalue weighted by atomic mass is 10.3. The lowest BCUT2D eigenvalue weighted by molar-refractivity contribution is 0.601. The van der Waals surface area contributed by atoms with E-state index in [-0.39, 0.29) is 10.0 Å². The number of nitrogens with zero attached hydrogens (tertiary/aromatic N) is 2. The second-order valence-electron chi connectivity index (χ2n) is 3.61. The third-order valence-electron chi connectivity index (χ3n) is 2.28. The van der Waals surface area contributed by atoms with Crippen molar-refractivity contribution in [2.45, 2.75) is 11.8 Å². The van der Waals surface area contributed by atoms with Crippen LogP contribution in [-0.4, -0.2) is 18.4 Å². The molecule has 2 heterocycles. The highest BCUT2D eigenvalue weighted by Gasteiger charge is 2.15. The second-order valence-corrected chi connectivity index (χ2v) is 5.68. The molecule has 2 aromatic rings. The third-order valence-corrected chi connectivity index (χ3v) is 3.85. The summed E-state index contributed by atoms with van der Waals surface area (Å²) in [4.78, 5) is 7.70. The molecule has 0 radical (unpaired) electrons. The van der Waals surface area contributed by atoms with Gasteiger partial charge in [0.05, 0.1) is 5.69 Å². The summed E-state index contributed by atoms with van der Waals surface area (Å²) < 4.78 is 26.6. The first-order valence-electron chi connectivity index (χ1n) is 5.04. The molecule has 18 heavy (non-hydrogen) atoms. The van der Waals surface area contributed by atoms with Gasteiger partial charge in [-0.3, -0.25) is 9.71 Å². The Kier molecular flexibility index (Phi) is 3.49. The minimum Gasteiger partial charge on any atom is -0.279 e. The van der Waals surface area contributed by atoms with Crippen molar-refractivity contribution in [3.8, 4) is 0 Å². The number of nitrogens with one attached hydrogen (secondary N) is 1. The highest BCUT2D eigenvalue weighted by Crippen LogP contribution is 2.18. The molecule has 0 spiro atoms. The van der Waals surface area contributed by atoms with Crippen molar-refractivity contribution in [3.63, 3.8) is 0 Å². The van der Waals surface area contributed by atoms with Crippen LogP contribution >= 0.6 is 11.6 Å². The Morgan fingerprint density at radius 3 is 2.61 bits per heavy atom. The Balaban J connectivity index is 2.33. The highest BCUT2D eigenvalue weighted by molar-refractivity contribution is 7.92. The van der Waals surface area contributed by atoms with E-state index >= 15 is 0 Å². The molecular formula is C11H10ClN3O2S. The molecule has 0 aromatic carbocycles. The van der Waals surface area contributed by atoms with Crippen molar-refractivity contribution in [3.05, 3.63) is 47.5 Å². The van der Waals surface area contributed by atoms with E-state index in [1.165, 1.54) is 24.5 Å². The van der Waals surface area contributed by atoms with Gasteiger partial charge in [0.1, 0.15) is 10.0 Å².